The SMILES string of the molecule is CC(=O)NC(C(C)OCC1CC1)C(C)(C)C. The predicted octanol–water partition coefficient (Wildman–Crippen LogP) is 2.35. The Bertz CT molecular complexity index is 241. The third-order valence-corrected chi connectivity index (χ3v) is 3.05. The fourth-order valence-corrected chi connectivity index (χ4v) is 1.93. The molecule has 0 radical (unpaired) electrons. The molecule has 0 heterocycles. The van der Waals surface area contributed by atoms with Crippen molar-refractivity contribution in [3.63, 3.8) is 0 Å². The van der Waals surface area contributed by atoms with Gasteiger partial charge in [-0.25, -0.2) is 0 Å². The van der Waals surface area contributed by atoms with Crippen molar-refractivity contribution in [2.75, 3.05) is 6.61 Å². The highest BCUT2D eigenvalue weighted by Gasteiger charge is 2.32. The first-order valence-electron chi connectivity index (χ1n) is 6.19. The number of hydrogen-bond acceptors (Lipinski definition) is 2. The van der Waals surface area contributed by atoms with Gasteiger partial charge in [-0.1, -0.05) is 20.8 Å². The highest BCUT2D eigenvalue weighted by atomic mass is 16.5. The van der Waals surface area contributed by atoms with Crippen LogP contribution in [0.25, 0.3) is 0 Å². The average molecular weight is 227 g/mol. The Labute approximate surface area is 98.9 Å². The quantitative estimate of drug-likeness (QED) is 0.783. The summed E-state index contributed by atoms with van der Waals surface area (Å²) in [7, 11) is 0. The molecule has 3 heteroatoms. The van der Waals surface area contributed by atoms with Gasteiger partial charge in [-0.15, -0.1) is 0 Å². The van der Waals surface area contributed by atoms with E-state index >= 15 is 0 Å². The minimum absolute atomic E-state index is 0.0156. The number of rotatable bonds is 5. The molecule has 16 heavy (non-hydrogen) atoms. The van der Waals surface area contributed by atoms with E-state index in [1.165, 1.54) is 12.8 Å². The first-order valence-corrected chi connectivity index (χ1v) is 6.19. The first-order chi connectivity index (χ1) is 7.30. The maximum atomic E-state index is 11.2. The molecule has 3 nitrogen and oxygen atoms in total. The van der Waals surface area contributed by atoms with E-state index in [1.54, 1.807) is 6.92 Å². The van der Waals surface area contributed by atoms with Crippen LogP contribution in [-0.2, 0) is 9.53 Å². The molecule has 0 saturated heterocycles. The van der Waals surface area contributed by atoms with Crippen LogP contribution in [0.4, 0.5) is 0 Å². The lowest BCUT2D eigenvalue weighted by Gasteiger charge is -2.35. The molecule has 0 bridgehead atoms. The Morgan fingerprint density at radius 3 is 2.38 bits per heavy atom. The van der Waals surface area contributed by atoms with Gasteiger partial charge < -0.3 is 10.1 Å². The van der Waals surface area contributed by atoms with Gasteiger partial charge in [0.15, 0.2) is 0 Å². The molecule has 0 aliphatic heterocycles. The molecule has 1 rings (SSSR count). The lowest BCUT2D eigenvalue weighted by atomic mass is 9.83. The second kappa shape index (κ2) is 5.17. The van der Waals surface area contributed by atoms with Crippen molar-refractivity contribution >= 4 is 5.91 Å². The fourth-order valence-electron chi connectivity index (χ4n) is 1.93. The molecule has 1 aliphatic carbocycles. The summed E-state index contributed by atoms with van der Waals surface area (Å²) in [5.74, 6) is 0.780. The highest BCUT2D eigenvalue weighted by molar-refractivity contribution is 5.73. The van der Waals surface area contributed by atoms with E-state index in [1.807, 2.05) is 6.92 Å². The summed E-state index contributed by atoms with van der Waals surface area (Å²) in [6, 6.07) is 0.0729. The van der Waals surface area contributed by atoms with E-state index in [9.17, 15) is 4.79 Å². The number of carbonyl (C=O) groups excluding carboxylic acids is 1. The molecule has 0 aromatic rings. The maximum Gasteiger partial charge on any atom is 0.217 e. The molecule has 0 aromatic carbocycles. The van der Waals surface area contributed by atoms with Crippen LogP contribution in [0.2, 0.25) is 0 Å². The zero-order chi connectivity index (χ0) is 12.3. The van der Waals surface area contributed by atoms with Crippen LogP contribution >= 0.6 is 0 Å². The second-order valence-electron chi connectivity index (χ2n) is 6.03. The summed E-state index contributed by atoms with van der Waals surface area (Å²) >= 11 is 0. The highest BCUT2D eigenvalue weighted by Crippen LogP contribution is 2.30. The van der Waals surface area contributed by atoms with Gasteiger partial charge >= 0.3 is 0 Å². The van der Waals surface area contributed by atoms with Crippen molar-refractivity contribution < 1.29 is 9.53 Å². The van der Waals surface area contributed by atoms with Gasteiger partial charge in [-0.05, 0) is 31.1 Å². The largest absolute Gasteiger partial charge is 0.376 e. The van der Waals surface area contributed by atoms with Crippen LogP contribution in [0.3, 0.4) is 0 Å². The van der Waals surface area contributed by atoms with E-state index < -0.39 is 0 Å². The molecule has 2 unspecified atom stereocenters. The van der Waals surface area contributed by atoms with Crippen LogP contribution in [0.1, 0.15) is 47.5 Å². The number of amides is 1. The lowest BCUT2D eigenvalue weighted by Crippen LogP contribution is -2.50. The van der Waals surface area contributed by atoms with Crippen LogP contribution in [0, 0.1) is 11.3 Å². The zero-order valence-electron chi connectivity index (χ0n) is 11.2. The Morgan fingerprint density at radius 1 is 1.44 bits per heavy atom. The molecule has 1 fully saturated rings. The summed E-state index contributed by atoms with van der Waals surface area (Å²) in [6.45, 7) is 10.8. The molecule has 2 atom stereocenters. The summed E-state index contributed by atoms with van der Waals surface area (Å²) in [4.78, 5) is 11.2. The second-order valence-corrected chi connectivity index (χ2v) is 6.03. The Kier molecular flexibility index (Phi) is 4.36. The zero-order valence-corrected chi connectivity index (χ0v) is 11.2. The average Bonchev–Trinajstić information content (AvgIpc) is 2.91. The number of ether oxygens (including phenoxy) is 1. The van der Waals surface area contributed by atoms with Crippen molar-refractivity contribution in [3.05, 3.63) is 0 Å². The van der Waals surface area contributed by atoms with Gasteiger partial charge in [0.05, 0.1) is 12.1 Å². The minimum Gasteiger partial charge on any atom is -0.376 e. The summed E-state index contributed by atoms with van der Waals surface area (Å²) in [5, 5.41) is 3.00. The number of carbonyl (C=O) groups is 1. The van der Waals surface area contributed by atoms with Gasteiger partial charge in [0, 0.05) is 13.5 Å². The van der Waals surface area contributed by atoms with Gasteiger partial charge in [0.1, 0.15) is 0 Å². The number of nitrogens with one attached hydrogen (secondary N) is 1. The fraction of sp³-hybridized carbons (Fsp3) is 0.923. The van der Waals surface area contributed by atoms with Crippen LogP contribution in [0.5, 0.6) is 0 Å². The molecule has 0 spiro atoms. The van der Waals surface area contributed by atoms with E-state index in [2.05, 4.69) is 26.1 Å². The van der Waals surface area contributed by atoms with Crippen LogP contribution < -0.4 is 5.32 Å². The summed E-state index contributed by atoms with van der Waals surface area (Å²) in [5.41, 5.74) is 0.0225. The van der Waals surface area contributed by atoms with Gasteiger partial charge in [0.25, 0.3) is 0 Å². The Balaban J connectivity index is 2.48. The van der Waals surface area contributed by atoms with Gasteiger partial charge in [0.2, 0.25) is 5.91 Å². The maximum absolute atomic E-state index is 11.2. The third kappa shape index (κ3) is 4.52. The molecule has 94 valence electrons. The van der Waals surface area contributed by atoms with E-state index in [4.69, 9.17) is 4.74 Å². The van der Waals surface area contributed by atoms with Crippen LogP contribution in [-0.4, -0.2) is 24.7 Å². The predicted molar refractivity (Wildman–Crippen MR) is 65.2 cm³/mol. The van der Waals surface area contributed by atoms with E-state index in [0.717, 1.165) is 12.5 Å². The summed E-state index contributed by atoms with van der Waals surface area (Å²) in [6.07, 6.45) is 2.67. The molecule has 1 N–H and O–H groups in total. The normalized spacial score (nSPS) is 20.3. The van der Waals surface area contributed by atoms with Gasteiger partial charge in [-0.3, -0.25) is 4.79 Å². The molecular weight excluding hydrogens is 202 g/mol. The Morgan fingerprint density at radius 2 is 2.00 bits per heavy atom. The van der Waals surface area contributed by atoms with Crippen molar-refractivity contribution in [1.82, 2.24) is 5.32 Å². The van der Waals surface area contributed by atoms with E-state index in [0.29, 0.717) is 0 Å². The van der Waals surface area contributed by atoms with Crippen molar-refractivity contribution in [2.24, 2.45) is 11.3 Å². The minimum atomic E-state index is 0.0156. The van der Waals surface area contributed by atoms with E-state index in [-0.39, 0.29) is 23.5 Å². The molecule has 0 aromatic heterocycles. The van der Waals surface area contributed by atoms with Crippen molar-refractivity contribution in [3.8, 4) is 0 Å². The third-order valence-electron chi connectivity index (χ3n) is 3.05. The topological polar surface area (TPSA) is 38.3 Å². The smallest absolute Gasteiger partial charge is 0.217 e. The van der Waals surface area contributed by atoms with Crippen molar-refractivity contribution in [2.45, 2.75) is 59.6 Å². The summed E-state index contributed by atoms with van der Waals surface area (Å²) < 4.78 is 5.84. The molecule has 1 saturated carbocycles. The Hall–Kier alpha value is -0.570. The molecular formula is C13H25NO2. The number of hydrogen-bond donors (Lipinski definition) is 1. The standard InChI is InChI=1S/C13H25NO2/c1-9(16-8-11-6-7-11)12(13(3,4)5)14-10(2)15/h9,11-12H,6-8H2,1-5H3,(H,14,15). The van der Waals surface area contributed by atoms with Gasteiger partial charge in [-0.2, -0.15) is 0 Å². The lowest BCUT2D eigenvalue weighted by molar-refractivity contribution is -0.122. The van der Waals surface area contributed by atoms with Crippen LogP contribution in [0.15, 0.2) is 0 Å². The molecule has 1 amide bonds. The van der Waals surface area contributed by atoms with Crippen molar-refractivity contribution in [1.29, 1.82) is 0 Å². The molecule has 1 aliphatic rings. The first kappa shape index (κ1) is 13.5. The monoisotopic (exact) mass is 227 g/mol.